The highest BCUT2D eigenvalue weighted by Gasteiger charge is 2.24. The molecule has 3 N–H and O–H groups in total. The van der Waals surface area contributed by atoms with Crippen molar-refractivity contribution in [1.29, 1.82) is 0 Å². The van der Waals surface area contributed by atoms with Crippen molar-refractivity contribution in [1.82, 2.24) is 19.6 Å². The van der Waals surface area contributed by atoms with Crippen LogP contribution in [0.15, 0.2) is 72.0 Å². The fourth-order valence-corrected chi connectivity index (χ4v) is 3.80. The Kier molecular flexibility index (Phi) is 5.02. The molecule has 0 saturated carbocycles. The number of nitrogens with two attached hydrogens (primary N) is 1. The molecular formula is C25H21N7O. The summed E-state index contributed by atoms with van der Waals surface area (Å²) in [5, 5.41) is 7.41. The maximum absolute atomic E-state index is 13.4. The molecule has 0 radical (unpaired) electrons. The van der Waals surface area contributed by atoms with E-state index < -0.39 is 0 Å². The van der Waals surface area contributed by atoms with E-state index in [1.807, 2.05) is 74.5 Å². The quantitative estimate of drug-likeness (QED) is 0.409. The molecule has 0 atom stereocenters. The van der Waals surface area contributed by atoms with E-state index in [-0.39, 0.29) is 17.3 Å². The van der Waals surface area contributed by atoms with Gasteiger partial charge in [-0.05, 0) is 61.4 Å². The molecule has 0 fully saturated rings. The molecule has 0 aliphatic rings. The maximum Gasteiger partial charge on any atom is 0.261 e. The number of fused-ring (bicyclic) bond motifs is 2. The van der Waals surface area contributed by atoms with Crippen molar-refractivity contribution in [2.24, 2.45) is 5.10 Å². The fourth-order valence-electron chi connectivity index (χ4n) is 3.80. The highest BCUT2D eigenvalue weighted by atomic mass is 16.1. The molecule has 3 aromatic heterocycles. The van der Waals surface area contributed by atoms with Crippen molar-refractivity contribution >= 4 is 45.8 Å². The first-order chi connectivity index (χ1) is 16.0. The van der Waals surface area contributed by atoms with Gasteiger partial charge in [-0.3, -0.25) is 9.78 Å². The lowest BCUT2D eigenvalue weighted by Crippen LogP contribution is -2.14. The number of aryl methyl sites for hydroxylation is 2. The van der Waals surface area contributed by atoms with Crippen LogP contribution in [-0.2, 0) is 0 Å². The monoisotopic (exact) mass is 435 g/mol. The van der Waals surface area contributed by atoms with Crippen LogP contribution < -0.4 is 11.1 Å². The Bertz CT molecular complexity index is 1520. The van der Waals surface area contributed by atoms with E-state index in [0.717, 1.165) is 11.1 Å². The third-order valence-corrected chi connectivity index (χ3v) is 5.17. The summed E-state index contributed by atoms with van der Waals surface area (Å²) in [5.74, 6) is -0.228. The minimum absolute atomic E-state index is 0.148. The number of benzene rings is 2. The van der Waals surface area contributed by atoms with Crippen LogP contribution in [-0.4, -0.2) is 31.7 Å². The molecule has 33 heavy (non-hydrogen) atoms. The van der Waals surface area contributed by atoms with Gasteiger partial charge in [-0.1, -0.05) is 24.3 Å². The van der Waals surface area contributed by atoms with Crippen LogP contribution in [0.25, 0.3) is 22.2 Å². The second-order valence-electron chi connectivity index (χ2n) is 7.79. The number of amides is 1. The number of pyridine rings is 1. The van der Waals surface area contributed by atoms with Gasteiger partial charge in [-0.2, -0.15) is 9.78 Å². The van der Waals surface area contributed by atoms with Gasteiger partial charge in [-0.15, -0.1) is 0 Å². The number of nitrogens with zero attached hydrogens (tertiary/aromatic N) is 5. The summed E-state index contributed by atoms with van der Waals surface area (Å²) in [5.41, 5.74) is 12.2. The van der Waals surface area contributed by atoms with E-state index >= 15 is 0 Å². The normalized spacial score (nSPS) is 11.5. The molecule has 0 spiro atoms. The van der Waals surface area contributed by atoms with Gasteiger partial charge >= 0.3 is 0 Å². The van der Waals surface area contributed by atoms with Crippen LogP contribution in [0, 0.1) is 13.8 Å². The molecular weight excluding hydrogens is 414 g/mol. The number of hydrogen-bond donors (Lipinski definition) is 2. The second kappa shape index (κ2) is 8.16. The Balaban J connectivity index is 1.67. The smallest absolute Gasteiger partial charge is 0.261 e. The Morgan fingerprint density at radius 3 is 2.39 bits per heavy atom. The zero-order valence-electron chi connectivity index (χ0n) is 18.1. The van der Waals surface area contributed by atoms with Crippen LogP contribution in [0.5, 0.6) is 0 Å². The van der Waals surface area contributed by atoms with Crippen LogP contribution >= 0.6 is 0 Å². The Hall–Kier alpha value is -4.59. The fraction of sp³-hybridized carbons (Fsp3) is 0.0800. The number of nitrogens with one attached hydrogen (secondary N) is 1. The summed E-state index contributed by atoms with van der Waals surface area (Å²) in [6, 6.07) is 18.8. The number of rotatable bonds is 4. The molecule has 162 valence electrons. The molecule has 1 amide bonds. The lowest BCUT2D eigenvalue weighted by Gasteiger charge is -2.07. The Morgan fingerprint density at radius 1 is 1.00 bits per heavy atom. The van der Waals surface area contributed by atoms with Crippen LogP contribution in [0.2, 0.25) is 0 Å². The van der Waals surface area contributed by atoms with Gasteiger partial charge in [0.25, 0.3) is 5.91 Å². The zero-order chi connectivity index (χ0) is 22.9. The Morgan fingerprint density at radius 2 is 1.70 bits per heavy atom. The maximum atomic E-state index is 13.4. The van der Waals surface area contributed by atoms with Crippen LogP contribution in [0.1, 0.15) is 27.2 Å². The van der Waals surface area contributed by atoms with Crippen molar-refractivity contribution in [3.63, 3.8) is 0 Å². The number of anilines is 2. The third-order valence-electron chi connectivity index (χ3n) is 5.17. The largest absolute Gasteiger partial charge is 0.383 e. The van der Waals surface area contributed by atoms with Gasteiger partial charge in [0.05, 0.1) is 22.9 Å². The number of carbonyl (C=O) groups is 1. The number of hydrogen-bond acceptors (Lipinski definition) is 6. The molecule has 8 heteroatoms. The van der Waals surface area contributed by atoms with E-state index in [4.69, 9.17) is 15.7 Å². The zero-order valence-corrected chi connectivity index (χ0v) is 18.1. The van der Waals surface area contributed by atoms with Crippen molar-refractivity contribution in [3.05, 3.63) is 89.2 Å². The summed E-state index contributed by atoms with van der Waals surface area (Å²) in [6.45, 7) is 3.96. The first kappa shape index (κ1) is 20.3. The number of nitrogen functional groups attached to an aromatic ring is 1. The minimum atomic E-state index is -0.376. The van der Waals surface area contributed by atoms with Crippen molar-refractivity contribution in [2.75, 3.05) is 11.1 Å². The van der Waals surface area contributed by atoms with Crippen molar-refractivity contribution < 1.29 is 4.79 Å². The molecule has 5 aromatic rings. The van der Waals surface area contributed by atoms with Gasteiger partial charge in [-0.25, -0.2) is 9.97 Å². The standard InChI is InChI=1S/C25H21N7O/c1-15-11-16(2)13-18(12-15)29-25(33)21-22-24(31-20-9-4-3-8-19(20)30-22)32(23(21)26)28-14-17-7-5-6-10-27-17/h3-14H,26H2,1-2H3,(H,29,33)/b28-14-. The predicted molar refractivity (Wildman–Crippen MR) is 131 cm³/mol. The lowest BCUT2D eigenvalue weighted by molar-refractivity contribution is 0.102. The molecule has 0 saturated heterocycles. The molecule has 2 aromatic carbocycles. The van der Waals surface area contributed by atoms with Crippen LogP contribution in [0.3, 0.4) is 0 Å². The first-order valence-electron chi connectivity index (χ1n) is 10.4. The predicted octanol–water partition coefficient (Wildman–Crippen LogP) is 4.31. The SMILES string of the molecule is Cc1cc(C)cc(NC(=O)c2c(N)n(/N=C\c3ccccn3)c3nc4ccccc4nc23)c1. The molecule has 0 aliphatic heterocycles. The van der Waals surface area contributed by atoms with E-state index in [1.54, 1.807) is 12.4 Å². The summed E-state index contributed by atoms with van der Waals surface area (Å²) in [7, 11) is 0. The molecule has 5 rings (SSSR count). The second-order valence-corrected chi connectivity index (χ2v) is 7.79. The summed E-state index contributed by atoms with van der Waals surface area (Å²) >= 11 is 0. The van der Waals surface area contributed by atoms with Crippen LogP contribution in [0.4, 0.5) is 11.5 Å². The van der Waals surface area contributed by atoms with Gasteiger partial charge in [0.2, 0.25) is 0 Å². The van der Waals surface area contributed by atoms with E-state index in [2.05, 4.69) is 15.4 Å². The van der Waals surface area contributed by atoms with Gasteiger partial charge in [0, 0.05) is 11.9 Å². The molecule has 0 unspecified atom stereocenters. The summed E-state index contributed by atoms with van der Waals surface area (Å²) in [4.78, 5) is 27.0. The minimum Gasteiger partial charge on any atom is -0.383 e. The van der Waals surface area contributed by atoms with E-state index in [9.17, 15) is 4.79 Å². The van der Waals surface area contributed by atoms with Gasteiger partial charge < -0.3 is 11.1 Å². The number of para-hydroxylation sites is 2. The number of carbonyl (C=O) groups excluding carboxylic acids is 1. The molecule has 0 aliphatic carbocycles. The average molecular weight is 435 g/mol. The van der Waals surface area contributed by atoms with Gasteiger partial charge in [0.15, 0.2) is 5.65 Å². The first-order valence-corrected chi connectivity index (χ1v) is 10.4. The number of aromatic nitrogens is 4. The van der Waals surface area contributed by atoms with Gasteiger partial charge in [0.1, 0.15) is 16.9 Å². The highest BCUT2D eigenvalue weighted by Crippen LogP contribution is 2.29. The van der Waals surface area contributed by atoms with E-state index in [0.29, 0.717) is 33.6 Å². The average Bonchev–Trinajstić information content (AvgIpc) is 3.06. The highest BCUT2D eigenvalue weighted by molar-refractivity contribution is 6.16. The lowest BCUT2D eigenvalue weighted by atomic mass is 10.1. The third kappa shape index (κ3) is 3.89. The van der Waals surface area contributed by atoms with Crippen molar-refractivity contribution in [3.8, 4) is 0 Å². The summed E-state index contributed by atoms with van der Waals surface area (Å²) < 4.78 is 1.43. The van der Waals surface area contributed by atoms with Crippen molar-refractivity contribution in [2.45, 2.75) is 13.8 Å². The summed E-state index contributed by atoms with van der Waals surface area (Å²) in [6.07, 6.45) is 3.24. The topological polar surface area (TPSA) is 111 Å². The molecule has 8 nitrogen and oxygen atoms in total. The molecule has 0 bridgehead atoms. The van der Waals surface area contributed by atoms with E-state index in [1.165, 1.54) is 4.68 Å². The molecule has 3 heterocycles. The Labute approximate surface area is 189 Å².